The van der Waals surface area contributed by atoms with Crippen LogP contribution in [0.5, 0.6) is 0 Å². The molecule has 118 valence electrons. The molecule has 1 saturated carbocycles. The third kappa shape index (κ3) is 2.34. The largest absolute Gasteiger partial charge is 0.330 e. The van der Waals surface area contributed by atoms with Crippen LogP contribution in [0.15, 0.2) is 33.8 Å². The minimum absolute atomic E-state index is 0.0385. The molecule has 1 fully saturated rings. The van der Waals surface area contributed by atoms with Crippen LogP contribution < -0.4 is 5.56 Å². The first kappa shape index (κ1) is 14.7. The van der Waals surface area contributed by atoms with Crippen LogP contribution in [-0.2, 0) is 13.5 Å². The monoisotopic (exact) mass is 371 g/mol. The van der Waals surface area contributed by atoms with Crippen LogP contribution >= 0.6 is 15.9 Å². The Morgan fingerprint density at radius 3 is 2.87 bits per heavy atom. The molecule has 2 aromatic heterocycles. The second-order valence-electron chi connectivity index (χ2n) is 6.20. The van der Waals surface area contributed by atoms with E-state index in [1.54, 1.807) is 6.20 Å². The number of hydrogen-bond acceptors (Lipinski definition) is 2. The van der Waals surface area contributed by atoms with E-state index in [0.717, 1.165) is 38.7 Å². The van der Waals surface area contributed by atoms with Gasteiger partial charge in [-0.05, 0) is 64.3 Å². The zero-order valence-electron chi connectivity index (χ0n) is 13.2. The quantitative estimate of drug-likeness (QED) is 0.752. The number of pyridine rings is 1. The van der Waals surface area contributed by atoms with Gasteiger partial charge in [-0.3, -0.25) is 4.79 Å². The molecule has 3 aromatic rings. The number of nitrogens with one attached hydrogen (secondary N) is 1. The van der Waals surface area contributed by atoms with Crippen molar-refractivity contribution in [2.45, 2.75) is 32.1 Å². The summed E-state index contributed by atoms with van der Waals surface area (Å²) in [6, 6.07) is 6.04. The lowest BCUT2D eigenvalue weighted by atomic mass is 9.99. The molecule has 1 aliphatic carbocycles. The molecule has 1 N–H and O–H groups in total. The smallest absolute Gasteiger partial charge is 0.255 e. The van der Waals surface area contributed by atoms with Gasteiger partial charge in [-0.1, -0.05) is 6.92 Å². The van der Waals surface area contributed by atoms with E-state index in [9.17, 15) is 4.79 Å². The average molecular weight is 372 g/mol. The fraction of sp³-hybridized carbons (Fsp3) is 0.333. The fourth-order valence-corrected chi connectivity index (χ4v) is 4.06. The fourth-order valence-electron chi connectivity index (χ4n) is 3.30. The number of aryl methyl sites for hydroxylation is 1. The number of H-pyrrole nitrogens is 1. The normalized spacial score (nSPS) is 14.6. The summed E-state index contributed by atoms with van der Waals surface area (Å²) in [7, 11) is 2.09. The van der Waals surface area contributed by atoms with Crippen molar-refractivity contribution in [1.29, 1.82) is 0 Å². The highest BCUT2D eigenvalue weighted by atomic mass is 79.9. The third-order valence-electron chi connectivity index (χ3n) is 4.68. The van der Waals surface area contributed by atoms with Gasteiger partial charge in [0.05, 0.1) is 5.69 Å². The van der Waals surface area contributed by atoms with Gasteiger partial charge in [0.15, 0.2) is 0 Å². The van der Waals surface area contributed by atoms with Gasteiger partial charge >= 0.3 is 0 Å². The number of fused-ring (bicyclic) bond motifs is 1. The lowest BCUT2D eigenvalue weighted by Gasteiger charge is -2.11. The molecule has 5 heteroatoms. The van der Waals surface area contributed by atoms with Crippen molar-refractivity contribution in [3.8, 4) is 11.4 Å². The highest BCUT2D eigenvalue weighted by molar-refractivity contribution is 9.10. The van der Waals surface area contributed by atoms with Crippen LogP contribution in [0.1, 0.15) is 36.9 Å². The van der Waals surface area contributed by atoms with E-state index >= 15 is 0 Å². The number of halogens is 1. The van der Waals surface area contributed by atoms with E-state index in [-0.39, 0.29) is 5.56 Å². The Balaban J connectivity index is 1.98. The Morgan fingerprint density at radius 2 is 2.17 bits per heavy atom. The minimum Gasteiger partial charge on any atom is -0.330 e. The second-order valence-corrected chi connectivity index (χ2v) is 6.95. The molecule has 23 heavy (non-hydrogen) atoms. The maximum atomic E-state index is 12.0. The molecule has 2 heterocycles. The van der Waals surface area contributed by atoms with Gasteiger partial charge in [0.2, 0.25) is 0 Å². The molecule has 0 unspecified atom stereocenters. The van der Waals surface area contributed by atoms with E-state index < -0.39 is 0 Å². The SMILES string of the molecule is CCc1cc2c(=O)[nH]ccc2cc1-c1nc(Br)c(C2CC2)n1C. The zero-order chi connectivity index (χ0) is 16.1. The van der Waals surface area contributed by atoms with Crippen LogP contribution in [0.4, 0.5) is 0 Å². The van der Waals surface area contributed by atoms with Crippen LogP contribution in [0.2, 0.25) is 0 Å². The molecular formula is C18H18BrN3O. The molecule has 1 aromatic carbocycles. The van der Waals surface area contributed by atoms with Crippen molar-refractivity contribution in [2.24, 2.45) is 7.05 Å². The third-order valence-corrected chi connectivity index (χ3v) is 5.26. The first-order valence-electron chi connectivity index (χ1n) is 7.97. The minimum atomic E-state index is -0.0385. The molecule has 0 bridgehead atoms. The van der Waals surface area contributed by atoms with Crippen LogP contribution in [0.3, 0.4) is 0 Å². The Bertz CT molecular complexity index is 966. The summed E-state index contributed by atoms with van der Waals surface area (Å²) in [5, 5.41) is 1.69. The summed E-state index contributed by atoms with van der Waals surface area (Å²) in [6.45, 7) is 2.11. The number of imidazole rings is 1. The molecule has 4 nitrogen and oxygen atoms in total. The predicted octanol–water partition coefficient (Wildman–Crippen LogP) is 4.13. The van der Waals surface area contributed by atoms with Gasteiger partial charge in [0.1, 0.15) is 10.4 Å². The standard InChI is InChI=1S/C18H18BrN3O/c1-3-10-8-14-12(6-7-20-18(14)23)9-13(10)17-21-16(19)15(22(17)2)11-4-5-11/h6-9,11H,3-5H2,1-2H3,(H,20,23). The first-order valence-corrected chi connectivity index (χ1v) is 8.76. The van der Waals surface area contributed by atoms with E-state index in [0.29, 0.717) is 5.92 Å². The van der Waals surface area contributed by atoms with Crippen LogP contribution in [0.25, 0.3) is 22.2 Å². The zero-order valence-corrected chi connectivity index (χ0v) is 14.8. The topological polar surface area (TPSA) is 50.7 Å². The van der Waals surface area contributed by atoms with E-state index in [2.05, 4.69) is 45.5 Å². The van der Waals surface area contributed by atoms with E-state index in [1.165, 1.54) is 18.5 Å². The summed E-state index contributed by atoms with van der Waals surface area (Å²) in [6.07, 6.45) is 5.05. The Morgan fingerprint density at radius 1 is 1.39 bits per heavy atom. The molecule has 0 spiro atoms. The van der Waals surface area contributed by atoms with E-state index in [1.807, 2.05) is 12.1 Å². The van der Waals surface area contributed by atoms with Gasteiger partial charge in [0, 0.05) is 30.1 Å². The molecule has 0 saturated heterocycles. The van der Waals surface area contributed by atoms with Crippen LogP contribution in [0, 0.1) is 0 Å². The van der Waals surface area contributed by atoms with Gasteiger partial charge < -0.3 is 9.55 Å². The van der Waals surface area contributed by atoms with Crippen molar-refractivity contribution < 1.29 is 0 Å². The molecule has 0 atom stereocenters. The molecule has 1 aliphatic rings. The summed E-state index contributed by atoms with van der Waals surface area (Å²) in [5.74, 6) is 1.60. The summed E-state index contributed by atoms with van der Waals surface area (Å²) in [5.41, 5.74) is 3.51. The lowest BCUT2D eigenvalue weighted by molar-refractivity contribution is 0.830. The van der Waals surface area contributed by atoms with Crippen molar-refractivity contribution in [3.05, 3.63) is 50.6 Å². The Hall–Kier alpha value is -1.88. The maximum absolute atomic E-state index is 12.0. The molecule has 0 aliphatic heterocycles. The van der Waals surface area contributed by atoms with E-state index in [4.69, 9.17) is 4.98 Å². The maximum Gasteiger partial charge on any atom is 0.255 e. The summed E-state index contributed by atoms with van der Waals surface area (Å²) < 4.78 is 3.15. The molecular weight excluding hydrogens is 354 g/mol. The Kier molecular flexibility index (Phi) is 3.41. The number of rotatable bonds is 3. The highest BCUT2D eigenvalue weighted by Gasteiger charge is 2.31. The van der Waals surface area contributed by atoms with Crippen molar-refractivity contribution in [3.63, 3.8) is 0 Å². The number of aromatic nitrogens is 3. The van der Waals surface area contributed by atoms with Gasteiger partial charge in [-0.2, -0.15) is 0 Å². The Labute approximate surface area is 142 Å². The summed E-state index contributed by atoms with van der Waals surface area (Å²) >= 11 is 3.63. The average Bonchev–Trinajstić information content (AvgIpc) is 3.32. The molecule has 4 rings (SSSR count). The van der Waals surface area contributed by atoms with Gasteiger partial charge in [-0.15, -0.1) is 0 Å². The second kappa shape index (κ2) is 5.34. The first-order chi connectivity index (χ1) is 11.1. The molecule has 0 amide bonds. The number of nitrogens with zero attached hydrogens (tertiary/aromatic N) is 2. The highest BCUT2D eigenvalue weighted by Crippen LogP contribution is 2.44. The number of hydrogen-bond donors (Lipinski definition) is 1. The van der Waals surface area contributed by atoms with Crippen molar-refractivity contribution in [2.75, 3.05) is 0 Å². The van der Waals surface area contributed by atoms with Gasteiger partial charge in [-0.25, -0.2) is 4.98 Å². The van der Waals surface area contributed by atoms with Crippen molar-refractivity contribution >= 4 is 26.7 Å². The van der Waals surface area contributed by atoms with Crippen LogP contribution in [-0.4, -0.2) is 14.5 Å². The summed E-state index contributed by atoms with van der Waals surface area (Å²) in [4.78, 5) is 19.6. The van der Waals surface area contributed by atoms with Gasteiger partial charge in [0.25, 0.3) is 5.56 Å². The predicted molar refractivity (Wildman–Crippen MR) is 95.8 cm³/mol. The lowest BCUT2D eigenvalue weighted by Crippen LogP contribution is -2.06. The molecule has 0 radical (unpaired) electrons. The van der Waals surface area contributed by atoms with Crippen molar-refractivity contribution in [1.82, 2.24) is 14.5 Å². The number of aromatic amines is 1. The number of benzene rings is 1.